The van der Waals surface area contributed by atoms with Gasteiger partial charge < -0.3 is 21.1 Å². The summed E-state index contributed by atoms with van der Waals surface area (Å²) in [6.45, 7) is 3.79. The Labute approximate surface area is 140 Å². The van der Waals surface area contributed by atoms with E-state index in [0.717, 1.165) is 42.1 Å². The number of phenolic OH excluding ortho intramolecular Hbond substituents is 1. The summed E-state index contributed by atoms with van der Waals surface area (Å²) in [6.07, 6.45) is 1.13. The number of nitrogen functional groups attached to an aromatic ring is 1. The van der Waals surface area contributed by atoms with Gasteiger partial charge in [-0.1, -0.05) is 17.9 Å². The Kier molecular flexibility index (Phi) is 3.51. The standard InChI is InChI=1S/C18H19N5O/c1-11-16(6-5-12-3-2-4-15(24)7-12)17(22-18(19)21-11)23-10-13-8-14(23)9-20-13/h2-4,7,13-14,20,24H,8-10H2,1H3,(H2,19,21,22). The van der Waals surface area contributed by atoms with Gasteiger partial charge in [0.05, 0.1) is 11.3 Å². The van der Waals surface area contributed by atoms with E-state index < -0.39 is 0 Å². The second kappa shape index (κ2) is 5.69. The van der Waals surface area contributed by atoms with E-state index in [1.165, 1.54) is 0 Å². The number of benzene rings is 1. The van der Waals surface area contributed by atoms with Crippen molar-refractivity contribution in [3.05, 3.63) is 41.1 Å². The summed E-state index contributed by atoms with van der Waals surface area (Å²) in [5.74, 6) is 7.59. The number of nitrogens with two attached hydrogens (primary N) is 1. The van der Waals surface area contributed by atoms with Crippen LogP contribution in [0, 0.1) is 18.8 Å². The van der Waals surface area contributed by atoms with Crippen LogP contribution in [-0.4, -0.2) is 40.2 Å². The Hall–Kier alpha value is -2.78. The van der Waals surface area contributed by atoms with Gasteiger partial charge in [0.1, 0.15) is 5.75 Å². The van der Waals surface area contributed by atoms with Crippen molar-refractivity contribution in [3.63, 3.8) is 0 Å². The Balaban J connectivity index is 1.75. The Morgan fingerprint density at radius 3 is 2.92 bits per heavy atom. The van der Waals surface area contributed by atoms with Crippen LogP contribution in [0.5, 0.6) is 5.75 Å². The SMILES string of the molecule is Cc1nc(N)nc(N2CC3CC2CN3)c1C#Cc1cccc(O)c1. The molecule has 1 aromatic heterocycles. The molecule has 6 nitrogen and oxygen atoms in total. The molecular formula is C18H19N5O. The summed E-state index contributed by atoms with van der Waals surface area (Å²) in [4.78, 5) is 11.0. The van der Waals surface area contributed by atoms with Gasteiger partial charge in [0, 0.05) is 30.7 Å². The monoisotopic (exact) mass is 321 g/mol. The molecule has 2 saturated heterocycles. The van der Waals surface area contributed by atoms with Crippen molar-refractivity contribution < 1.29 is 5.11 Å². The molecule has 0 aliphatic carbocycles. The first-order valence-electron chi connectivity index (χ1n) is 8.05. The van der Waals surface area contributed by atoms with Crippen LogP contribution in [-0.2, 0) is 0 Å². The molecule has 0 spiro atoms. The molecule has 2 fully saturated rings. The van der Waals surface area contributed by atoms with Crippen LogP contribution in [0.3, 0.4) is 0 Å². The first-order valence-corrected chi connectivity index (χ1v) is 8.05. The van der Waals surface area contributed by atoms with Crippen molar-refractivity contribution in [2.24, 2.45) is 0 Å². The number of rotatable bonds is 1. The second-order valence-electron chi connectivity index (χ2n) is 6.31. The number of hydrogen-bond donors (Lipinski definition) is 3. The lowest BCUT2D eigenvalue weighted by Crippen LogP contribution is -2.44. The first-order chi connectivity index (χ1) is 11.6. The number of hydrogen-bond acceptors (Lipinski definition) is 6. The Bertz CT molecular complexity index is 854. The molecule has 6 heteroatoms. The van der Waals surface area contributed by atoms with Crippen LogP contribution in [0.25, 0.3) is 0 Å². The van der Waals surface area contributed by atoms with E-state index in [1.54, 1.807) is 18.2 Å². The molecule has 0 radical (unpaired) electrons. The van der Waals surface area contributed by atoms with E-state index in [-0.39, 0.29) is 11.7 Å². The highest BCUT2D eigenvalue weighted by Gasteiger charge is 2.39. The zero-order valence-corrected chi connectivity index (χ0v) is 13.5. The molecule has 3 heterocycles. The second-order valence-corrected chi connectivity index (χ2v) is 6.31. The molecule has 4 N–H and O–H groups in total. The zero-order chi connectivity index (χ0) is 16.7. The number of aromatic nitrogens is 2. The van der Waals surface area contributed by atoms with Gasteiger partial charge in [-0.05, 0) is 31.5 Å². The number of phenols is 1. The summed E-state index contributed by atoms with van der Waals surface area (Å²) in [7, 11) is 0. The predicted molar refractivity (Wildman–Crippen MR) is 92.8 cm³/mol. The summed E-state index contributed by atoms with van der Waals surface area (Å²) in [6, 6.07) is 7.85. The van der Waals surface area contributed by atoms with Gasteiger partial charge in [0.15, 0.2) is 5.82 Å². The zero-order valence-electron chi connectivity index (χ0n) is 13.5. The molecular weight excluding hydrogens is 302 g/mol. The average molecular weight is 321 g/mol. The molecule has 2 atom stereocenters. The summed E-state index contributed by atoms with van der Waals surface area (Å²) in [5.41, 5.74) is 8.21. The maximum absolute atomic E-state index is 9.58. The predicted octanol–water partition coefficient (Wildman–Crippen LogP) is 1.02. The average Bonchev–Trinajstić information content (AvgIpc) is 3.16. The fraction of sp³-hybridized carbons (Fsp3) is 0.333. The number of fused-ring (bicyclic) bond motifs is 2. The van der Waals surface area contributed by atoms with Crippen molar-refractivity contribution in [1.29, 1.82) is 0 Å². The third kappa shape index (κ3) is 2.63. The highest BCUT2D eigenvalue weighted by Crippen LogP contribution is 2.31. The quantitative estimate of drug-likeness (QED) is 0.680. The van der Waals surface area contributed by atoms with E-state index in [1.807, 2.05) is 13.0 Å². The minimum absolute atomic E-state index is 0.204. The number of nitrogens with one attached hydrogen (secondary N) is 1. The van der Waals surface area contributed by atoms with Crippen LogP contribution in [0.4, 0.5) is 11.8 Å². The Morgan fingerprint density at radius 2 is 2.21 bits per heavy atom. The number of anilines is 2. The molecule has 122 valence electrons. The van der Waals surface area contributed by atoms with Crippen LogP contribution < -0.4 is 16.0 Å². The maximum atomic E-state index is 9.58. The highest BCUT2D eigenvalue weighted by atomic mass is 16.3. The van der Waals surface area contributed by atoms with Crippen molar-refractivity contribution in [2.75, 3.05) is 23.7 Å². The van der Waals surface area contributed by atoms with Crippen molar-refractivity contribution in [1.82, 2.24) is 15.3 Å². The van der Waals surface area contributed by atoms with E-state index in [4.69, 9.17) is 5.73 Å². The third-order valence-electron chi connectivity index (χ3n) is 4.59. The van der Waals surface area contributed by atoms with Gasteiger partial charge in [0.25, 0.3) is 0 Å². The molecule has 0 saturated carbocycles. The van der Waals surface area contributed by atoms with Crippen LogP contribution in [0.2, 0.25) is 0 Å². The lowest BCUT2D eigenvalue weighted by atomic mass is 10.1. The molecule has 1 aromatic carbocycles. The molecule has 4 rings (SSSR count). The molecule has 24 heavy (non-hydrogen) atoms. The Morgan fingerprint density at radius 1 is 1.33 bits per heavy atom. The number of nitrogens with zero attached hydrogens (tertiary/aromatic N) is 3. The highest BCUT2D eigenvalue weighted by molar-refractivity contribution is 5.62. The molecule has 2 aliphatic heterocycles. The molecule has 2 aliphatic rings. The van der Waals surface area contributed by atoms with Gasteiger partial charge in [-0.25, -0.2) is 4.98 Å². The summed E-state index contributed by atoms with van der Waals surface area (Å²) < 4.78 is 0. The van der Waals surface area contributed by atoms with E-state index in [9.17, 15) is 5.11 Å². The minimum Gasteiger partial charge on any atom is -0.508 e. The summed E-state index contributed by atoms with van der Waals surface area (Å²) >= 11 is 0. The van der Waals surface area contributed by atoms with Gasteiger partial charge in [0.2, 0.25) is 5.95 Å². The molecule has 2 aromatic rings. The number of piperazine rings is 1. The molecule has 0 amide bonds. The molecule has 2 unspecified atom stereocenters. The topological polar surface area (TPSA) is 87.3 Å². The van der Waals surface area contributed by atoms with Crippen LogP contribution in [0.15, 0.2) is 24.3 Å². The molecule has 2 bridgehead atoms. The third-order valence-corrected chi connectivity index (χ3v) is 4.59. The normalized spacial score (nSPS) is 21.6. The van der Waals surface area contributed by atoms with Crippen molar-refractivity contribution >= 4 is 11.8 Å². The lowest BCUT2D eigenvalue weighted by Gasteiger charge is -2.29. The lowest BCUT2D eigenvalue weighted by molar-refractivity contribution is 0.475. The van der Waals surface area contributed by atoms with Gasteiger partial charge in [-0.2, -0.15) is 4.98 Å². The smallest absolute Gasteiger partial charge is 0.222 e. The van der Waals surface area contributed by atoms with E-state index >= 15 is 0 Å². The van der Waals surface area contributed by atoms with Gasteiger partial charge in [-0.3, -0.25) is 0 Å². The van der Waals surface area contributed by atoms with Crippen molar-refractivity contribution in [2.45, 2.75) is 25.4 Å². The van der Waals surface area contributed by atoms with Crippen LogP contribution >= 0.6 is 0 Å². The summed E-state index contributed by atoms with van der Waals surface area (Å²) in [5, 5.41) is 13.1. The number of aromatic hydroxyl groups is 1. The fourth-order valence-corrected chi connectivity index (χ4v) is 3.47. The van der Waals surface area contributed by atoms with Gasteiger partial charge in [-0.15, -0.1) is 0 Å². The number of aryl methyl sites for hydroxylation is 1. The van der Waals surface area contributed by atoms with Gasteiger partial charge >= 0.3 is 0 Å². The van der Waals surface area contributed by atoms with E-state index in [2.05, 4.69) is 32.0 Å². The minimum atomic E-state index is 0.204. The first kappa shape index (κ1) is 14.8. The van der Waals surface area contributed by atoms with Crippen molar-refractivity contribution in [3.8, 4) is 17.6 Å². The fourth-order valence-electron chi connectivity index (χ4n) is 3.47. The maximum Gasteiger partial charge on any atom is 0.222 e. The largest absolute Gasteiger partial charge is 0.508 e. The van der Waals surface area contributed by atoms with E-state index in [0.29, 0.717) is 12.1 Å². The van der Waals surface area contributed by atoms with Crippen LogP contribution in [0.1, 0.15) is 23.2 Å².